The number of anilines is 1. The molecule has 6 nitrogen and oxygen atoms in total. The van der Waals surface area contributed by atoms with Crippen LogP contribution in [-0.2, 0) is 20.5 Å². The van der Waals surface area contributed by atoms with E-state index in [1.165, 1.54) is 18.2 Å². The predicted octanol–water partition coefficient (Wildman–Crippen LogP) is 3.35. The van der Waals surface area contributed by atoms with E-state index in [1.54, 1.807) is 15.9 Å². The van der Waals surface area contributed by atoms with Gasteiger partial charge in [-0.05, 0) is 45.9 Å². The van der Waals surface area contributed by atoms with E-state index in [9.17, 15) is 26.6 Å². The summed E-state index contributed by atoms with van der Waals surface area (Å²) < 4.78 is 69.3. The van der Waals surface area contributed by atoms with Crippen LogP contribution < -0.4 is 4.90 Å². The van der Waals surface area contributed by atoms with Crippen molar-refractivity contribution in [2.24, 2.45) is 5.92 Å². The average molecular weight is 473 g/mol. The molecule has 2 aromatic rings. The van der Waals surface area contributed by atoms with Gasteiger partial charge in [-0.25, -0.2) is 4.39 Å². The minimum Gasteiger partial charge on any atom is -0.350 e. The van der Waals surface area contributed by atoms with E-state index < -0.39 is 33.3 Å². The van der Waals surface area contributed by atoms with E-state index in [-0.39, 0.29) is 37.3 Å². The topological polar surface area (TPSA) is 66.7 Å². The van der Waals surface area contributed by atoms with Gasteiger partial charge in [0.05, 0.1) is 6.04 Å². The van der Waals surface area contributed by atoms with Gasteiger partial charge in [-0.2, -0.15) is 13.2 Å². The molecule has 0 radical (unpaired) electrons. The fourth-order valence-corrected chi connectivity index (χ4v) is 5.88. The summed E-state index contributed by atoms with van der Waals surface area (Å²) >= 11 is 0. The van der Waals surface area contributed by atoms with Gasteiger partial charge in [0.2, 0.25) is 11.7 Å². The number of nitrogens with zero attached hydrogens (tertiary/aromatic N) is 3. The highest BCUT2D eigenvalue weighted by atomic mass is 32.2. The van der Waals surface area contributed by atoms with Crippen molar-refractivity contribution in [2.75, 3.05) is 36.0 Å². The Hall–Kier alpha value is -2.56. The van der Waals surface area contributed by atoms with Crippen LogP contribution in [0.2, 0.25) is 0 Å². The number of piperazine rings is 1. The fourth-order valence-electron chi connectivity index (χ4n) is 4.24. The van der Waals surface area contributed by atoms with Crippen LogP contribution in [-0.4, -0.2) is 57.2 Å². The number of amides is 1. The Balaban J connectivity index is 1.59. The molecule has 0 aliphatic carbocycles. The summed E-state index contributed by atoms with van der Waals surface area (Å²) in [6.07, 6.45) is -3.72. The summed E-state index contributed by atoms with van der Waals surface area (Å²) in [7, 11) is -2.14. The van der Waals surface area contributed by atoms with Crippen molar-refractivity contribution in [1.29, 1.82) is 0 Å². The molecular formula is C21H23F4N3O3S. The number of alkyl halides is 3. The lowest BCUT2D eigenvalue weighted by Crippen LogP contribution is -2.53. The molecular weight excluding hydrogens is 450 g/mol. The number of benzene rings is 1. The van der Waals surface area contributed by atoms with E-state index in [0.717, 1.165) is 6.07 Å². The highest BCUT2D eigenvalue weighted by Crippen LogP contribution is 2.35. The van der Waals surface area contributed by atoms with Crippen LogP contribution in [0.3, 0.4) is 0 Å². The van der Waals surface area contributed by atoms with Crippen molar-refractivity contribution >= 4 is 27.1 Å². The second-order valence-electron chi connectivity index (χ2n) is 8.24. The second-order valence-corrected chi connectivity index (χ2v) is 11.0. The van der Waals surface area contributed by atoms with Crippen molar-refractivity contribution in [1.82, 2.24) is 10.1 Å². The third kappa shape index (κ3) is 4.77. The number of carbonyl (C=O) groups excluding carboxylic acids is 1. The second kappa shape index (κ2) is 8.42. The first-order valence-electron chi connectivity index (χ1n) is 10.2. The zero-order valence-corrected chi connectivity index (χ0v) is 18.0. The standard InChI is InChI=1S/C21H23F4N3O3S/c1-32(30)9-5-14(6-10-32)20(29)28-8-7-27(19-12-18(31-26-19)21(23,24)25)13-17(28)15-3-2-4-16(22)11-15/h2-4,11-12,14,17H,1,5-10,13H2. The molecule has 32 heavy (non-hydrogen) atoms. The molecule has 1 aromatic carbocycles. The van der Waals surface area contributed by atoms with Crippen molar-refractivity contribution < 1.29 is 31.1 Å². The third-order valence-corrected chi connectivity index (χ3v) is 7.98. The molecule has 3 heterocycles. The van der Waals surface area contributed by atoms with E-state index in [4.69, 9.17) is 0 Å². The maximum atomic E-state index is 13.9. The lowest BCUT2D eigenvalue weighted by atomic mass is 9.96. The Kier molecular flexibility index (Phi) is 5.95. The molecule has 1 aromatic heterocycles. The highest BCUT2D eigenvalue weighted by molar-refractivity contribution is 8.00. The van der Waals surface area contributed by atoms with Gasteiger partial charge in [0.25, 0.3) is 0 Å². The quantitative estimate of drug-likeness (QED) is 0.505. The van der Waals surface area contributed by atoms with Crippen LogP contribution in [0.5, 0.6) is 0 Å². The summed E-state index contributed by atoms with van der Waals surface area (Å²) in [6.45, 7) is 0.614. The summed E-state index contributed by atoms with van der Waals surface area (Å²) in [5.41, 5.74) is 0.541. The summed E-state index contributed by atoms with van der Waals surface area (Å²) in [4.78, 5) is 16.6. The molecule has 0 N–H and O–H groups in total. The zero-order valence-electron chi connectivity index (χ0n) is 17.2. The van der Waals surface area contributed by atoms with Crippen molar-refractivity contribution in [2.45, 2.75) is 25.1 Å². The lowest BCUT2D eigenvalue weighted by Gasteiger charge is -2.43. The molecule has 11 heteroatoms. The number of halogens is 4. The molecule has 174 valence electrons. The number of hydrogen-bond acceptors (Lipinski definition) is 5. The first-order valence-corrected chi connectivity index (χ1v) is 12.3. The molecule has 2 aliphatic rings. The molecule has 1 amide bonds. The fraction of sp³-hybridized carbons (Fsp3) is 0.476. The number of aromatic nitrogens is 1. The molecule has 2 aliphatic heterocycles. The van der Waals surface area contributed by atoms with Crippen LogP contribution in [0.15, 0.2) is 34.9 Å². The Bertz CT molecular complexity index is 1090. The smallest absolute Gasteiger partial charge is 0.350 e. The molecule has 4 rings (SSSR count). The number of hydrogen-bond donors (Lipinski definition) is 0. The molecule has 2 saturated heterocycles. The molecule has 0 saturated carbocycles. The average Bonchev–Trinajstić information content (AvgIpc) is 3.24. The minimum absolute atomic E-state index is 0.0142. The van der Waals surface area contributed by atoms with Crippen LogP contribution in [0.1, 0.15) is 30.2 Å². The summed E-state index contributed by atoms with van der Waals surface area (Å²) in [5, 5.41) is 3.54. The van der Waals surface area contributed by atoms with Gasteiger partial charge in [-0.1, -0.05) is 17.3 Å². The molecule has 1 atom stereocenters. The molecule has 0 bridgehead atoms. The van der Waals surface area contributed by atoms with Gasteiger partial charge < -0.3 is 14.3 Å². The molecule has 1 unspecified atom stereocenters. The predicted molar refractivity (Wildman–Crippen MR) is 112 cm³/mol. The van der Waals surface area contributed by atoms with E-state index in [2.05, 4.69) is 15.6 Å². The Morgan fingerprint density at radius 2 is 1.91 bits per heavy atom. The van der Waals surface area contributed by atoms with Crippen molar-refractivity contribution in [3.05, 3.63) is 47.5 Å². The maximum Gasteiger partial charge on any atom is 0.452 e. The minimum atomic E-state index is -4.65. The first-order chi connectivity index (χ1) is 15.0. The monoisotopic (exact) mass is 473 g/mol. The van der Waals surface area contributed by atoms with Gasteiger partial charge in [0.1, 0.15) is 5.82 Å². The van der Waals surface area contributed by atoms with Crippen LogP contribution in [0, 0.1) is 11.7 Å². The molecule has 2 fully saturated rings. The number of rotatable bonds is 3. The summed E-state index contributed by atoms with van der Waals surface area (Å²) in [5.74, 6) is 2.41. The normalized spacial score (nSPS) is 26.9. The van der Waals surface area contributed by atoms with Gasteiger partial charge in [0, 0.05) is 43.1 Å². The van der Waals surface area contributed by atoms with Gasteiger partial charge in [-0.3, -0.25) is 9.00 Å². The SMILES string of the molecule is C=S1(=O)CCC(C(=O)N2CCN(c3cc(C(F)(F)F)on3)CC2c2cccc(F)c2)CC1. The zero-order chi connectivity index (χ0) is 23.1. The van der Waals surface area contributed by atoms with E-state index >= 15 is 0 Å². The summed E-state index contributed by atoms with van der Waals surface area (Å²) in [6, 6.07) is 6.07. The van der Waals surface area contributed by atoms with Gasteiger partial charge >= 0.3 is 6.18 Å². The van der Waals surface area contributed by atoms with E-state index in [1.807, 2.05) is 0 Å². The highest BCUT2D eigenvalue weighted by Gasteiger charge is 2.40. The van der Waals surface area contributed by atoms with Crippen LogP contribution >= 0.6 is 0 Å². The Labute approximate surface area is 183 Å². The number of carbonyl (C=O) groups is 1. The Morgan fingerprint density at radius 1 is 1.19 bits per heavy atom. The third-order valence-electron chi connectivity index (χ3n) is 6.02. The maximum absolute atomic E-state index is 13.9. The largest absolute Gasteiger partial charge is 0.452 e. The van der Waals surface area contributed by atoms with E-state index in [0.29, 0.717) is 29.9 Å². The van der Waals surface area contributed by atoms with Crippen molar-refractivity contribution in [3.63, 3.8) is 0 Å². The van der Waals surface area contributed by atoms with Crippen LogP contribution in [0.4, 0.5) is 23.4 Å². The van der Waals surface area contributed by atoms with Crippen LogP contribution in [0.25, 0.3) is 0 Å². The molecule has 0 spiro atoms. The van der Waals surface area contributed by atoms with Gasteiger partial charge in [-0.15, -0.1) is 0 Å². The van der Waals surface area contributed by atoms with Crippen molar-refractivity contribution in [3.8, 4) is 0 Å². The first kappa shape index (κ1) is 22.6. The van der Waals surface area contributed by atoms with Gasteiger partial charge in [0.15, 0.2) is 5.82 Å². The lowest BCUT2D eigenvalue weighted by molar-refractivity contribution is -0.155. The Morgan fingerprint density at radius 3 is 2.53 bits per heavy atom.